The van der Waals surface area contributed by atoms with Crippen LogP contribution in [0.15, 0.2) is 48.9 Å². The first-order chi connectivity index (χ1) is 25.0. The number of amides is 2. The van der Waals surface area contributed by atoms with E-state index in [4.69, 9.17) is 19.2 Å². The van der Waals surface area contributed by atoms with Gasteiger partial charge in [0.05, 0.1) is 38.6 Å². The number of rotatable bonds is 11. The summed E-state index contributed by atoms with van der Waals surface area (Å²) in [5, 5.41) is 4.57. The van der Waals surface area contributed by atoms with Crippen LogP contribution in [0.4, 0.5) is 10.6 Å². The number of ether oxygens (including phenoxy) is 3. The topological polar surface area (TPSA) is 99.0 Å². The Morgan fingerprint density at radius 2 is 1.63 bits per heavy atom. The predicted molar refractivity (Wildman–Crippen MR) is 202 cm³/mol. The van der Waals surface area contributed by atoms with Crippen molar-refractivity contribution in [2.45, 2.75) is 129 Å². The van der Waals surface area contributed by atoms with Gasteiger partial charge in [-0.2, -0.15) is 5.10 Å². The van der Waals surface area contributed by atoms with E-state index in [0.717, 1.165) is 55.4 Å². The number of fused-ring (bicyclic) bond motifs is 3. The van der Waals surface area contributed by atoms with Crippen LogP contribution in [0, 0.1) is 18.3 Å². The number of pyridine rings is 1. The highest BCUT2D eigenvalue weighted by molar-refractivity contribution is 5.95. The fourth-order valence-electron chi connectivity index (χ4n) is 9.19. The average molecular weight is 712 g/mol. The van der Waals surface area contributed by atoms with Crippen molar-refractivity contribution in [3.8, 4) is 16.9 Å². The molecule has 1 saturated heterocycles. The number of anilines is 1. The molecule has 0 spiro atoms. The monoisotopic (exact) mass is 711 g/mol. The molecule has 0 atom stereocenters. The van der Waals surface area contributed by atoms with Crippen molar-refractivity contribution in [3.05, 3.63) is 60.0 Å². The second-order valence-electron chi connectivity index (χ2n) is 16.7. The molecule has 1 aliphatic heterocycles. The molecule has 5 aliphatic rings. The van der Waals surface area contributed by atoms with Crippen LogP contribution >= 0.6 is 0 Å². The van der Waals surface area contributed by atoms with Gasteiger partial charge in [-0.05, 0) is 145 Å². The molecule has 2 aromatic heterocycles. The lowest BCUT2D eigenvalue weighted by Gasteiger charge is -2.55. The van der Waals surface area contributed by atoms with Crippen molar-refractivity contribution >= 4 is 17.8 Å². The quantitative estimate of drug-likeness (QED) is 0.198. The Labute approximate surface area is 309 Å². The molecule has 10 nitrogen and oxygen atoms in total. The second kappa shape index (κ2) is 14.8. The van der Waals surface area contributed by atoms with Crippen molar-refractivity contribution in [1.29, 1.82) is 0 Å². The summed E-state index contributed by atoms with van der Waals surface area (Å²) in [5.41, 5.74) is 4.89. The van der Waals surface area contributed by atoms with E-state index in [1.807, 2.05) is 41.9 Å². The van der Waals surface area contributed by atoms with Crippen LogP contribution in [0.5, 0.6) is 5.75 Å². The summed E-state index contributed by atoms with van der Waals surface area (Å²) in [6, 6.07) is 11.1. The Bertz CT molecular complexity index is 1710. The van der Waals surface area contributed by atoms with Gasteiger partial charge in [-0.25, -0.2) is 9.78 Å². The van der Waals surface area contributed by atoms with Gasteiger partial charge in [0.25, 0.3) is 0 Å². The van der Waals surface area contributed by atoms with Crippen molar-refractivity contribution in [2.24, 2.45) is 11.3 Å². The highest BCUT2D eigenvalue weighted by Gasteiger charge is 2.51. The van der Waals surface area contributed by atoms with Gasteiger partial charge in [-0.3, -0.25) is 14.4 Å². The van der Waals surface area contributed by atoms with Gasteiger partial charge in [0, 0.05) is 36.5 Å². The Balaban J connectivity index is 1.06. The third-order valence-electron chi connectivity index (χ3n) is 12.5. The highest BCUT2D eigenvalue weighted by atomic mass is 16.6. The number of carbonyl (C=O) groups is 2. The molecule has 3 aromatic rings. The Hall–Kier alpha value is -3.92. The fourth-order valence-corrected chi connectivity index (χ4v) is 9.19. The van der Waals surface area contributed by atoms with Crippen LogP contribution in [0.1, 0.15) is 109 Å². The largest absolute Gasteiger partial charge is 0.496 e. The molecule has 4 aliphatic carbocycles. The summed E-state index contributed by atoms with van der Waals surface area (Å²) in [7, 11) is 1.74. The van der Waals surface area contributed by atoms with Gasteiger partial charge in [0.15, 0.2) is 0 Å². The Morgan fingerprint density at radius 1 is 0.923 bits per heavy atom. The molecular weight excluding hydrogens is 654 g/mol. The summed E-state index contributed by atoms with van der Waals surface area (Å²) < 4.78 is 19.2. The van der Waals surface area contributed by atoms with Crippen LogP contribution in [-0.4, -0.2) is 76.7 Å². The van der Waals surface area contributed by atoms with E-state index in [1.54, 1.807) is 12.0 Å². The smallest absolute Gasteiger partial charge is 0.410 e. The van der Waals surface area contributed by atoms with E-state index in [9.17, 15) is 9.59 Å². The maximum atomic E-state index is 14.7. The minimum Gasteiger partial charge on any atom is -0.496 e. The molecule has 3 heterocycles. The first kappa shape index (κ1) is 36.4. The highest BCUT2D eigenvalue weighted by Crippen LogP contribution is 2.58. The maximum absolute atomic E-state index is 14.7. The number of hydrogen-bond donors (Lipinski definition) is 0. The molecule has 0 N–H and O–H groups in total. The van der Waals surface area contributed by atoms with Crippen molar-refractivity contribution in [3.63, 3.8) is 0 Å². The van der Waals surface area contributed by atoms with Gasteiger partial charge in [-0.1, -0.05) is 12.1 Å². The number of aryl methyl sites for hydroxylation is 1. The van der Waals surface area contributed by atoms with Crippen LogP contribution in [0.2, 0.25) is 0 Å². The van der Waals surface area contributed by atoms with Crippen LogP contribution < -0.4 is 9.64 Å². The molecule has 2 bridgehead atoms. The number of benzene rings is 1. The summed E-state index contributed by atoms with van der Waals surface area (Å²) in [6.45, 7) is 12.2. The minimum atomic E-state index is -0.267. The molecule has 8 rings (SSSR count). The van der Waals surface area contributed by atoms with Crippen molar-refractivity contribution in [2.75, 3.05) is 31.6 Å². The number of hydrogen-bond acceptors (Lipinski definition) is 7. The van der Waals surface area contributed by atoms with E-state index in [0.29, 0.717) is 51.1 Å². The molecule has 52 heavy (non-hydrogen) atoms. The zero-order chi connectivity index (χ0) is 36.6. The number of carbonyl (C=O) groups excluding carboxylic acids is 2. The molecule has 4 saturated carbocycles. The molecular formula is C42H57N5O5. The number of likely N-dealkylation sites (tertiary alicyclic amines) is 1. The van der Waals surface area contributed by atoms with E-state index in [1.165, 1.54) is 11.1 Å². The average Bonchev–Trinajstić information content (AvgIpc) is 3.64. The first-order valence-corrected chi connectivity index (χ1v) is 19.5. The van der Waals surface area contributed by atoms with Gasteiger partial charge >= 0.3 is 6.09 Å². The third-order valence-corrected chi connectivity index (χ3v) is 12.5. The van der Waals surface area contributed by atoms with Crippen LogP contribution in [-0.2, 0) is 19.7 Å². The summed E-state index contributed by atoms with van der Waals surface area (Å²) >= 11 is 0. The van der Waals surface area contributed by atoms with Gasteiger partial charge in [0.2, 0.25) is 5.91 Å². The second-order valence-corrected chi connectivity index (χ2v) is 16.7. The number of nitrogens with zero attached hydrogens (tertiary/aromatic N) is 5. The Kier molecular flexibility index (Phi) is 10.4. The fraction of sp³-hybridized carbons (Fsp3) is 0.619. The SMILES string of the molecule is COc1ccc(C23CCC(CN(c4cc(-c5cnn(C(C)C)c5)ccn4)C(=O)[C@H]4CC[C@H](OC(=O)N5CC(OC(C)C)C5)CC4)(CC2)CC3)cc1C. The summed E-state index contributed by atoms with van der Waals surface area (Å²) in [6.07, 6.45) is 15.0. The first-order valence-electron chi connectivity index (χ1n) is 19.5. The number of methoxy groups -OCH3 is 1. The van der Waals surface area contributed by atoms with E-state index in [-0.39, 0.29) is 53.1 Å². The lowest BCUT2D eigenvalue weighted by atomic mass is 9.51. The molecule has 0 unspecified atom stereocenters. The van der Waals surface area contributed by atoms with Gasteiger partial charge in [0.1, 0.15) is 17.7 Å². The summed E-state index contributed by atoms with van der Waals surface area (Å²) in [5.74, 6) is 1.66. The predicted octanol–water partition coefficient (Wildman–Crippen LogP) is 8.27. The zero-order valence-electron chi connectivity index (χ0n) is 32.0. The molecule has 10 heteroatoms. The third kappa shape index (κ3) is 7.45. The molecule has 5 fully saturated rings. The minimum absolute atomic E-state index is 0.0558. The molecule has 2 amide bonds. The van der Waals surface area contributed by atoms with Crippen molar-refractivity contribution < 1.29 is 23.8 Å². The van der Waals surface area contributed by atoms with E-state index >= 15 is 0 Å². The lowest BCUT2D eigenvalue weighted by Crippen LogP contribution is -2.56. The standard InChI is InChI=1S/C42H57N5O5/c1-28(2)47-24-33(23-44-47)32-13-20-43-38(22-32)46(27-41-14-17-42(18-15-41,19-16-41)34-9-12-37(50-6)30(5)21-34)39(48)31-7-10-35(11-8-31)52-40(49)45-25-36(26-45)51-29(3)4/h9,12-13,20-24,28-29,31,35-36H,7-8,10-11,14-19,25-27H2,1-6H3/t31-,35-,41?,42?. The van der Waals surface area contributed by atoms with Gasteiger partial charge < -0.3 is 19.1 Å². The molecule has 0 radical (unpaired) electrons. The van der Waals surface area contributed by atoms with Crippen LogP contribution in [0.3, 0.4) is 0 Å². The van der Waals surface area contributed by atoms with Crippen LogP contribution in [0.25, 0.3) is 11.1 Å². The van der Waals surface area contributed by atoms with E-state index < -0.39 is 0 Å². The maximum Gasteiger partial charge on any atom is 0.410 e. The van der Waals surface area contributed by atoms with Crippen molar-refractivity contribution in [1.82, 2.24) is 19.7 Å². The number of aromatic nitrogens is 3. The molecule has 1 aromatic carbocycles. The Morgan fingerprint density at radius 3 is 2.25 bits per heavy atom. The summed E-state index contributed by atoms with van der Waals surface area (Å²) in [4.78, 5) is 36.1. The van der Waals surface area contributed by atoms with E-state index in [2.05, 4.69) is 56.3 Å². The molecule has 280 valence electrons. The lowest BCUT2D eigenvalue weighted by molar-refractivity contribution is -0.125. The van der Waals surface area contributed by atoms with Gasteiger partial charge in [-0.15, -0.1) is 0 Å². The zero-order valence-corrected chi connectivity index (χ0v) is 32.0. The normalized spacial score (nSPS) is 26.0.